The van der Waals surface area contributed by atoms with Gasteiger partial charge in [-0.2, -0.15) is 5.21 Å². The van der Waals surface area contributed by atoms with Gasteiger partial charge in [0.05, 0.1) is 6.04 Å². The van der Waals surface area contributed by atoms with E-state index in [-0.39, 0.29) is 37.3 Å². The van der Waals surface area contributed by atoms with Crippen LogP contribution in [0, 0.1) is 23.7 Å². The fourth-order valence-electron chi connectivity index (χ4n) is 8.39. The fourth-order valence-corrected chi connectivity index (χ4v) is 8.39. The molecule has 3 amide bonds. The number of ether oxygens (including phenoxy) is 1. The first-order chi connectivity index (χ1) is 22.8. The van der Waals surface area contributed by atoms with Crippen LogP contribution in [-0.2, 0) is 27.2 Å². The van der Waals surface area contributed by atoms with Gasteiger partial charge in [0.2, 0.25) is 11.8 Å². The summed E-state index contributed by atoms with van der Waals surface area (Å²) >= 11 is 0. The Morgan fingerprint density at radius 1 is 0.979 bits per heavy atom. The lowest BCUT2D eigenvalue weighted by Gasteiger charge is -2.53. The summed E-state index contributed by atoms with van der Waals surface area (Å²) in [6, 6.07) is 16.9. The van der Waals surface area contributed by atoms with E-state index in [1.54, 1.807) is 6.92 Å². The summed E-state index contributed by atoms with van der Waals surface area (Å²) in [5.41, 5.74) is 1.36. The molecule has 0 unspecified atom stereocenters. The molecule has 2 aromatic heterocycles. The van der Waals surface area contributed by atoms with E-state index in [1.165, 1.54) is 6.42 Å². The second kappa shape index (κ2) is 13.2. The van der Waals surface area contributed by atoms with Gasteiger partial charge >= 0.3 is 6.09 Å². The highest BCUT2D eigenvalue weighted by atomic mass is 16.6. The number of nitrogens with zero attached hydrogens (tertiary/aromatic N) is 3. The third-order valence-corrected chi connectivity index (χ3v) is 10.5. The molecule has 12 nitrogen and oxygen atoms in total. The molecule has 12 heteroatoms. The number of aryl methyl sites for hydroxylation is 1. The summed E-state index contributed by atoms with van der Waals surface area (Å²) in [7, 11) is 0. The Labute approximate surface area is 273 Å². The zero-order valence-electron chi connectivity index (χ0n) is 26.6. The number of hydrogen-bond acceptors (Lipinski definition) is 7. The van der Waals surface area contributed by atoms with Crippen molar-refractivity contribution in [2.45, 2.75) is 76.0 Å². The number of aromatic amines is 2. The molecule has 4 aromatic rings. The molecule has 8 rings (SSSR count). The predicted molar refractivity (Wildman–Crippen MR) is 174 cm³/mol. The van der Waals surface area contributed by atoms with Gasteiger partial charge < -0.3 is 25.7 Å². The van der Waals surface area contributed by atoms with Gasteiger partial charge in [0.1, 0.15) is 11.6 Å². The molecule has 4 fully saturated rings. The summed E-state index contributed by atoms with van der Waals surface area (Å²) in [5, 5.41) is 23.8. The van der Waals surface area contributed by atoms with Crippen LogP contribution in [0.2, 0.25) is 0 Å². The quantitative estimate of drug-likeness (QED) is 0.156. The third-order valence-electron chi connectivity index (χ3n) is 10.5. The minimum atomic E-state index is -1.34. The van der Waals surface area contributed by atoms with E-state index < -0.39 is 17.7 Å². The van der Waals surface area contributed by atoms with Crippen LogP contribution >= 0.6 is 0 Å². The van der Waals surface area contributed by atoms with E-state index in [2.05, 4.69) is 41.6 Å². The van der Waals surface area contributed by atoms with Gasteiger partial charge in [0.25, 0.3) is 0 Å². The summed E-state index contributed by atoms with van der Waals surface area (Å²) < 4.78 is 6.17. The maximum atomic E-state index is 14.2. The summed E-state index contributed by atoms with van der Waals surface area (Å²) in [4.78, 5) is 44.0. The number of nitrogens with one attached hydrogen (secondary N) is 5. The molecule has 2 atom stereocenters. The maximum Gasteiger partial charge on any atom is 0.408 e. The first-order valence-electron chi connectivity index (χ1n) is 16.7. The van der Waals surface area contributed by atoms with E-state index in [0.29, 0.717) is 24.1 Å². The van der Waals surface area contributed by atoms with Crippen molar-refractivity contribution in [1.82, 2.24) is 41.6 Å². The van der Waals surface area contributed by atoms with Crippen LogP contribution in [0.25, 0.3) is 10.9 Å². The molecule has 0 saturated heterocycles. The lowest BCUT2D eigenvalue weighted by molar-refractivity contribution is -0.128. The number of carbonyl (C=O) groups excluding carboxylic acids is 3. The van der Waals surface area contributed by atoms with Gasteiger partial charge in [-0.15, -0.1) is 10.2 Å². The van der Waals surface area contributed by atoms with E-state index in [9.17, 15) is 14.4 Å². The summed E-state index contributed by atoms with van der Waals surface area (Å²) in [5.74, 6) is 2.20. The monoisotopic (exact) mass is 638 g/mol. The number of aromatic nitrogens is 5. The highest BCUT2D eigenvalue weighted by Crippen LogP contribution is 2.54. The minimum Gasteiger partial charge on any atom is -0.446 e. The molecule has 4 saturated carbocycles. The first-order valence-corrected chi connectivity index (χ1v) is 16.7. The van der Waals surface area contributed by atoms with Crippen LogP contribution in [0.4, 0.5) is 4.79 Å². The number of para-hydroxylation sites is 1. The largest absolute Gasteiger partial charge is 0.446 e. The molecule has 47 heavy (non-hydrogen) atoms. The normalized spacial score (nSPS) is 24.7. The molecule has 2 heterocycles. The predicted octanol–water partition coefficient (Wildman–Crippen LogP) is 4.14. The van der Waals surface area contributed by atoms with Crippen molar-refractivity contribution in [2.75, 3.05) is 6.54 Å². The third kappa shape index (κ3) is 6.86. The Kier molecular flexibility index (Phi) is 8.66. The van der Waals surface area contributed by atoms with E-state index >= 15 is 0 Å². The van der Waals surface area contributed by atoms with Gasteiger partial charge in [0.15, 0.2) is 5.82 Å². The van der Waals surface area contributed by atoms with Gasteiger partial charge in [0, 0.05) is 42.9 Å². The number of H-pyrrole nitrogens is 2. The van der Waals surface area contributed by atoms with Crippen LogP contribution in [0.1, 0.15) is 68.4 Å². The molecule has 2 aromatic carbocycles. The van der Waals surface area contributed by atoms with Gasteiger partial charge in [-0.05, 0) is 79.9 Å². The Balaban J connectivity index is 1.07. The van der Waals surface area contributed by atoms with E-state index in [4.69, 9.17) is 4.74 Å². The average molecular weight is 639 g/mol. The Morgan fingerprint density at radius 3 is 2.43 bits per heavy atom. The lowest BCUT2D eigenvalue weighted by atomic mass is 9.55. The highest BCUT2D eigenvalue weighted by molar-refractivity contribution is 5.91. The minimum absolute atomic E-state index is 0.103. The molecule has 5 N–H and O–H groups in total. The molecule has 4 aliphatic rings. The Bertz CT molecular complexity index is 1680. The number of rotatable bonds is 12. The molecule has 0 spiro atoms. The smallest absolute Gasteiger partial charge is 0.408 e. The van der Waals surface area contributed by atoms with Gasteiger partial charge in [-0.3, -0.25) is 9.59 Å². The lowest BCUT2D eigenvalue weighted by Crippen LogP contribution is -2.60. The second-order valence-corrected chi connectivity index (χ2v) is 13.9. The molecular formula is C35H42N8O4. The number of carbonyl (C=O) groups is 3. The number of fused-ring (bicyclic) bond motifs is 1. The summed E-state index contributed by atoms with van der Waals surface area (Å²) in [6.45, 7) is 1.86. The summed E-state index contributed by atoms with van der Waals surface area (Å²) in [6.07, 6.45) is 7.77. The fraction of sp³-hybridized carbons (Fsp3) is 0.486. The Morgan fingerprint density at radius 2 is 1.70 bits per heavy atom. The number of tetrazole rings is 1. The van der Waals surface area contributed by atoms with Crippen LogP contribution in [-0.4, -0.2) is 61.7 Å². The first kappa shape index (κ1) is 30.9. The number of alkyl carbamates (subject to hydrolysis) is 1. The number of hydrogen-bond donors (Lipinski definition) is 5. The maximum absolute atomic E-state index is 14.2. The molecular weight excluding hydrogens is 596 g/mol. The topological polar surface area (TPSA) is 167 Å². The Hall–Kier alpha value is -4.74. The zero-order chi connectivity index (χ0) is 32.4. The molecule has 0 radical (unpaired) electrons. The van der Waals surface area contributed by atoms with E-state index in [0.717, 1.165) is 59.5 Å². The van der Waals surface area contributed by atoms with Gasteiger partial charge in [-0.25, -0.2) is 4.79 Å². The molecule has 4 bridgehead atoms. The van der Waals surface area contributed by atoms with Crippen LogP contribution < -0.4 is 16.0 Å². The van der Waals surface area contributed by atoms with Crippen molar-refractivity contribution < 1.29 is 19.1 Å². The van der Waals surface area contributed by atoms with Crippen LogP contribution in [0.15, 0.2) is 60.8 Å². The van der Waals surface area contributed by atoms with E-state index in [1.807, 2.05) is 60.8 Å². The van der Waals surface area contributed by atoms with Crippen molar-refractivity contribution in [3.05, 3.63) is 77.7 Å². The number of amides is 3. The van der Waals surface area contributed by atoms with Crippen molar-refractivity contribution in [1.29, 1.82) is 0 Å². The van der Waals surface area contributed by atoms with Crippen molar-refractivity contribution in [3.63, 3.8) is 0 Å². The SMILES string of the molecule is C[C@](Cc1c[nH]c2ccccc12)(NC(=O)OC1C2CC3CC(C2)CC1C3)C(=O)NC[C@@H](NC(=O)CCc1nn[nH]n1)c1ccccc1. The van der Waals surface area contributed by atoms with Crippen molar-refractivity contribution in [3.8, 4) is 0 Å². The molecule has 0 aliphatic heterocycles. The van der Waals surface area contributed by atoms with Gasteiger partial charge in [-0.1, -0.05) is 53.7 Å². The standard InChI is InChI=1S/C35H42N8O4/c1-35(18-26-19-36-28-10-6-5-9-27(26)28,39-34(46)47-32-24-14-21-13-22(16-24)17-25(32)15-21)33(45)37-20-29(23-7-3-2-4-8-23)38-31(44)12-11-30-40-42-43-41-30/h2-10,19,21-22,24-25,29,32,36H,11-18,20H2,1H3,(H,37,45)(H,38,44)(H,39,46)(H,40,41,42,43)/t21?,22?,24?,25?,29-,32?,35-/m1/s1. The molecule has 246 valence electrons. The van der Waals surface area contributed by atoms with Crippen molar-refractivity contribution in [2.24, 2.45) is 23.7 Å². The number of benzene rings is 2. The van der Waals surface area contributed by atoms with Crippen LogP contribution in [0.5, 0.6) is 0 Å². The second-order valence-electron chi connectivity index (χ2n) is 13.9. The average Bonchev–Trinajstić information content (AvgIpc) is 3.74. The zero-order valence-corrected chi connectivity index (χ0v) is 26.6. The highest BCUT2D eigenvalue weighted by Gasteiger charge is 2.50. The molecule has 4 aliphatic carbocycles. The van der Waals surface area contributed by atoms with Crippen molar-refractivity contribution >= 4 is 28.8 Å². The van der Waals surface area contributed by atoms with Crippen LogP contribution in [0.3, 0.4) is 0 Å².